The third kappa shape index (κ3) is 8.86. The fourth-order valence-corrected chi connectivity index (χ4v) is 5.51. The SMILES string of the molecule is COC(=O)CCCCCNC(=O)c1cccc2c(NCCCCCNC(C)C3C=CC([N+](=O)[O-])=CC3)c3ccccc3nc12. The average molecular weight is 602 g/mol. The van der Waals surface area contributed by atoms with Crippen LogP contribution in [0.5, 0.6) is 0 Å². The number of carbonyl (C=O) groups is 2. The number of pyridine rings is 1. The van der Waals surface area contributed by atoms with Gasteiger partial charge in [0.1, 0.15) is 0 Å². The van der Waals surface area contributed by atoms with E-state index in [9.17, 15) is 19.7 Å². The number of fused-ring (bicyclic) bond motifs is 2. The van der Waals surface area contributed by atoms with Crippen LogP contribution in [0, 0.1) is 16.0 Å². The maximum Gasteiger partial charge on any atom is 0.305 e. The van der Waals surface area contributed by atoms with E-state index in [1.165, 1.54) is 7.11 Å². The minimum Gasteiger partial charge on any atom is -0.469 e. The Morgan fingerprint density at radius 3 is 2.52 bits per heavy atom. The molecule has 0 fully saturated rings. The van der Waals surface area contributed by atoms with Crippen LogP contribution in [0.15, 0.2) is 66.4 Å². The van der Waals surface area contributed by atoms with E-state index in [0.29, 0.717) is 30.5 Å². The van der Waals surface area contributed by atoms with Gasteiger partial charge in [-0.05, 0) is 69.7 Å². The van der Waals surface area contributed by atoms with Crippen LogP contribution < -0.4 is 16.0 Å². The number of amides is 1. The smallest absolute Gasteiger partial charge is 0.305 e. The predicted molar refractivity (Wildman–Crippen MR) is 174 cm³/mol. The zero-order valence-electron chi connectivity index (χ0n) is 25.6. The van der Waals surface area contributed by atoms with Crippen molar-refractivity contribution in [1.29, 1.82) is 0 Å². The summed E-state index contributed by atoms with van der Waals surface area (Å²) >= 11 is 0. The van der Waals surface area contributed by atoms with Crippen molar-refractivity contribution in [3.8, 4) is 0 Å². The first-order valence-corrected chi connectivity index (χ1v) is 15.6. The Labute approximate surface area is 258 Å². The molecular formula is C34H43N5O5. The fraction of sp³-hybridized carbons (Fsp3) is 0.441. The first-order valence-electron chi connectivity index (χ1n) is 15.6. The second kappa shape index (κ2) is 16.5. The largest absolute Gasteiger partial charge is 0.469 e. The van der Waals surface area contributed by atoms with Gasteiger partial charge in [0.05, 0.1) is 34.3 Å². The topological polar surface area (TPSA) is 135 Å². The van der Waals surface area contributed by atoms with E-state index in [1.807, 2.05) is 42.5 Å². The van der Waals surface area contributed by atoms with Gasteiger partial charge in [0.15, 0.2) is 0 Å². The van der Waals surface area contributed by atoms with Gasteiger partial charge in [-0.2, -0.15) is 0 Å². The van der Waals surface area contributed by atoms with Gasteiger partial charge >= 0.3 is 5.97 Å². The monoisotopic (exact) mass is 601 g/mol. The number of nitrogens with one attached hydrogen (secondary N) is 3. The lowest BCUT2D eigenvalue weighted by Crippen LogP contribution is -2.33. The second-order valence-electron chi connectivity index (χ2n) is 11.2. The maximum atomic E-state index is 13.2. The van der Waals surface area contributed by atoms with Gasteiger partial charge in [-0.15, -0.1) is 0 Å². The van der Waals surface area contributed by atoms with Gasteiger partial charge in [0.25, 0.3) is 11.6 Å². The van der Waals surface area contributed by atoms with E-state index >= 15 is 0 Å². The number of unbranched alkanes of at least 4 members (excludes halogenated alkanes) is 4. The van der Waals surface area contributed by atoms with Gasteiger partial charge < -0.3 is 20.7 Å². The summed E-state index contributed by atoms with van der Waals surface area (Å²) in [4.78, 5) is 39.9. The fourth-order valence-electron chi connectivity index (χ4n) is 5.51. The van der Waals surface area contributed by atoms with Crippen LogP contribution in [0.1, 0.15) is 68.6 Å². The number of esters is 1. The van der Waals surface area contributed by atoms with E-state index in [2.05, 4.69) is 33.7 Å². The number of ether oxygens (including phenoxy) is 1. The number of nitro groups is 1. The number of aromatic nitrogens is 1. The first-order chi connectivity index (χ1) is 21.4. The summed E-state index contributed by atoms with van der Waals surface area (Å²) in [6, 6.07) is 14.0. The third-order valence-electron chi connectivity index (χ3n) is 8.11. The molecule has 234 valence electrons. The third-order valence-corrected chi connectivity index (χ3v) is 8.11. The van der Waals surface area contributed by atoms with Crippen molar-refractivity contribution in [3.05, 3.63) is 82.1 Å². The van der Waals surface area contributed by atoms with E-state index in [4.69, 9.17) is 4.98 Å². The van der Waals surface area contributed by atoms with Gasteiger partial charge in [-0.1, -0.05) is 49.2 Å². The number of methoxy groups -OCH3 is 1. The van der Waals surface area contributed by atoms with Crippen LogP contribution in [0.3, 0.4) is 0 Å². The normalized spacial score (nSPS) is 15.1. The van der Waals surface area contributed by atoms with Crippen molar-refractivity contribution in [1.82, 2.24) is 15.6 Å². The van der Waals surface area contributed by atoms with Gasteiger partial charge in [0.2, 0.25) is 0 Å². The minimum absolute atomic E-state index is 0.156. The van der Waals surface area contributed by atoms with Crippen LogP contribution in [0.25, 0.3) is 21.8 Å². The summed E-state index contributed by atoms with van der Waals surface area (Å²) in [5, 5.41) is 23.1. The van der Waals surface area contributed by atoms with Crippen molar-refractivity contribution < 1.29 is 19.2 Å². The highest BCUT2D eigenvalue weighted by Gasteiger charge is 2.20. The molecule has 4 rings (SSSR count). The van der Waals surface area contributed by atoms with E-state index in [1.54, 1.807) is 12.2 Å². The molecule has 3 N–H and O–H groups in total. The Bertz CT molecular complexity index is 1520. The van der Waals surface area contributed by atoms with Crippen molar-refractivity contribution in [2.75, 3.05) is 32.1 Å². The summed E-state index contributed by atoms with van der Waals surface area (Å²) in [6.07, 6.45) is 11.7. The number of rotatable bonds is 17. The lowest BCUT2D eigenvalue weighted by Gasteiger charge is -2.22. The molecule has 1 aromatic heterocycles. The van der Waals surface area contributed by atoms with E-state index in [-0.39, 0.29) is 34.5 Å². The molecule has 2 aromatic carbocycles. The molecule has 0 spiro atoms. The summed E-state index contributed by atoms with van der Waals surface area (Å²) in [7, 11) is 1.39. The van der Waals surface area contributed by atoms with E-state index < -0.39 is 0 Å². The number of carbonyl (C=O) groups excluding carboxylic acids is 2. The number of hydrogen-bond donors (Lipinski definition) is 3. The second-order valence-corrected chi connectivity index (χ2v) is 11.2. The molecule has 0 saturated heterocycles. The van der Waals surface area contributed by atoms with Crippen LogP contribution in [0.4, 0.5) is 5.69 Å². The van der Waals surface area contributed by atoms with Crippen LogP contribution in [0.2, 0.25) is 0 Å². The van der Waals surface area contributed by atoms with E-state index in [0.717, 1.165) is 73.6 Å². The Morgan fingerprint density at radius 1 is 1.00 bits per heavy atom. The first kappa shape index (κ1) is 32.6. The lowest BCUT2D eigenvalue weighted by molar-refractivity contribution is -0.419. The maximum absolute atomic E-state index is 13.2. The van der Waals surface area contributed by atoms with Crippen LogP contribution in [-0.2, 0) is 9.53 Å². The van der Waals surface area contributed by atoms with Gasteiger partial charge in [-0.25, -0.2) is 4.98 Å². The molecule has 0 bridgehead atoms. The molecule has 1 heterocycles. The molecule has 2 unspecified atom stereocenters. The number of benzene rings is 2. The highest BCUT2D eigenvalue weighted by atomic mass is 16.6. The van der Waals surface area contributed by atoms with Crippen molar-refractivity contribution >= 4 is 39.4 Å². The average Bonchev–Trinajstić information content (AvgIpc) is 3.04. The predicted octanol–water partition coefficient (Wildman–Crippen LogP) is 6.15. The molecule has 10 heteroatoms. The van der Waals surface area contributed by atoms with Crippen LogP contribution in [-0.4, -0.2) is 54.6 Å². The number of para-hydroxylation sites is 2. The summed E-state index contributed by atoms with van der Waals surface area (Å²) in [6.45, 7) is 4.34. The Kier molecular flexibility index (Phi) is 12.2. The van der Waals surface area contributed by atoms with Gasteiger partial charge in [-0.3, -0.25) is 19.7 Å². The number of allylic oxidation sites excluding steroid dienone is 2. The molecule has 44 heavy (non-hydrogen) atoms. The molecular weight excluding hydrogens is 558 g/mol. The van der Waals surface area contributed by atoms with Crippen molar-refractivity contribution in [2.45, 2.75) is 64.3 Å². The quantitative estimate of drug-likeness (QED) is 0.0551. The molecule has 1 aliphatic carbocycles. The molecule has 1 amide bonds. The summed E-state index contributed by atoms with van der Waals surface area (Å²) < 4.78 is 4.67. The molecule has 2 atom stereocenters. The highest BCUT2D eigenvalue weighted by molar-refractivity contribution is 6.14. The number of anilines is 1. The molecule has 1 aliphatic rings. The Balaban J connectivity index is 1.29. The zero-order valence-corrected chi connectivity index (χ0v) is 25.6. The standard InChI is InChI=1S/C34H43N5O5/c1-24(25-17-19-26(20-18-25)39(42)43)35-21-9-4-10-22-36-32-27-12-6-7-15-30(27)38-33-28(32)13-11-14-29(33)34(41)37-23-8-3-5-16-31(40)44-2/h6-7,11-15,17,19-20,24-25,35H,3-5,8-10,16,18,21-23H2,1-2H3,(H,36,38)(H,37,41). The summed E-state index contributed by atoms with van der Waals surface area (Å²) in [5.41, 5.74) is 3.22. The lowest BCUT2D eigenvalue weighted by atomic mass is 9.93. The number of nitrogens with zero attached hydrogens (tertiary/aromatic N) is 2. The molecule has 3 aromatic rings. The highest BCUT2D eigenvalue weighted by Crippen LogP contribution is 2.32. The molecule has 0 saturated carbocycles. The Morgan fingerprint density at radius 2 is 1.75 bits per heavy atom. The zero-order chi connectivity index (χ0) is 31.3. The van der Waals surface area contributed by atoms with Crippen molar-refractivity contribution in [2.24, 2.45) is 5.92 Å². The molecule has 0 aliphatic heterocycles. The van der Waals surface area contributed by atoms with Crippen LogP contribution >= 0.6 is 0 Å². The van der Waals surface area contributed by atoms with Crippen molar-refractivity contribution in [3.63, 3.8) is 0 Å². The molecule has 10 nitrogen and oxygen atoms in total. The summed E-state index contributed by atoms with van der Waals surface area (Å²) in [5.74, 6) is -0.103. The Hall–Kier alpha value is -4.31. The number of hydrogen-bond acceptors (Lipinski definition) is 8. The van der Waals surface area contributed by atoms with Gasteiger partial charge in [0, 0.05) is 42.4 Å². The molecule has 0 radical (unpaired) electrons. The minimum atomic E-state index is -0.340.